The summed E-state index contributed by atoms with van der Waals surface area (Å²) in [7, 11) is -3.73. The molecule has 2 aliphatic rings. The second-order valence-electron chi connectivity index (χ2n) is 8.41. The third-order valence-electron chi connectivity index (χ3n) is 6.29. The van der Waals surface area contributed by atoms with Gasteiger partial charge in [0, 0.05) is 24.3 Å². The minimum absolute atomic E-state index is 0.0745. The van der Waals surface area contributed by atoms with Crippen molar-refractivity contribution in [2.75, 3.05) is 18.4 Å². The van der Waals surface area contributed by atoms with Crippen molar-refractivity contribution in [3.8, 4) is 5.69 Å². The molecular formula is C24H25FN4O3S. The summed E-state index contributed by atoms with van der Waals surface area (Å²) >= 11 is 0. The van der Waals surface area contributed by atoms with Crippen molar-refractivity contribution in [2.45, 2.75) is 43.4 Å². The Kier molecular flexibility index (Phi) is 5.76. The predicted molar refractivity (Wildman–Crippen MR) is 123 cm³/mol. The fourth-order valence-corrected chi connectivity index (χ4v) is 6.33. The lowest BCUT2D eigenvalue weighted by Crippen LogP contribution is -2.36. The molecule has 1 aromatic heterocycles. The highest BCUT2D eigenvalue weighted by molar-refractivity contribution is 7.89. The van der Waals surface area contributed by atoms with Gasteiger partial charge in [0.05, 0.1) is 5.69 Å². The Morgan fingerprint density at radius 3 is 2.45 bits per heavy atom. The summed E-state index contributed by atoms with van der Waals surface area (Å²) in [6.45, 7) is 0.955. The minimum atomic E-state index is -3.73. The quantitative estimate of drug-likeness (QED) is 0.615. The van der Waals surface area contributed by atoms with Crippen molar-refractivity contribution in [3.05, 3.63) is 71.3 Å². The van der Waals surface area contributed by atoms with Crippen LogP contribution in [0, 0.1) is 5.82 Å². The Bertz CT molecular complexity index is 1310. The molecule has 172 valence electrons. The van der Waals surface area contributed by atoms with E-state index in [4.69, 9.17) is 0 Å². The van der Waals surface area contributed by atoms with Gasteiger partial charge in [-0.1, -0.05) is 30.7 Å². The van der Waals surface area contributed by atoms with Crippen molar-refractivity contribution in [2.24, 2.45) is 0 Å². The third kappa shape index (κ3) is 3.95. The van der Waals surface area contributed by atoms with Crippen molar-refractivity contribution in [1.29, 1.82) is 0 Å². The van der Waals surface area contributed by atoms with E-state index in [0.717, 1.165) is 36.9 Å². The molecule has 1 fully saturated rings. The molecule has 9 heteroatoms. The van der Waals surface area contributed by atoms with Gasteiger partial charge in [-0.25, -0.2) is 17.5 Å². The number of aromatic nitrogens is 2. The molecular weight excluding hydrogens is 443 g/mol. The van der Waals surface area contributed by atoms with E-state index < -0.39 is 21.7 Å². The number of hydrogen-bond donors (Lipinski definition) is 1. The summed E-state index contributed by atoms with van der Waals surface area (Å²) in [5.74, 6) is -0.913. The standard InChI is InChI=1S/C24H25FN4O3S/c25-18-10-2-4-12-21(18)29-20-13-8-9-17(20)23(27-29)24(30)26-19-11-3-5-14-22(19)33(31,32)28-15-6-1-7-16-28/h2-5,10-12,14H,1,6-9,13,15-16H2,(H,26,30). The van der Waals surface area contributed by atoms with Crippen LogP contribution < -0.4 is 5.32 Å². The van der Waals surface area contributed by atoms with Gasteiger partial charge in [-0.3, -0.25) is 4.79 Å². The Balaban J connectivity index is 1.49. The Hall–Kier alpha value is -3.04. The molecule has 1 aliphatic carbocycles. The highest BCUT2D eigenvalue weighted by Gasteiger charge is 2.31. The largest absolute Gasteiger partial charge is 0.319 e. The number of para-hydroxylation sites is 2. The maximum Gasteiger partial charge on any atom is 0.276 e. The van der Waals surface area contributed by atoms with Gasteiger partial charge in [0.2, 0.25) is 10.0 Å². The second kappa shape index (κ2) is 8.72. The fourth-order valence-electron chi connectivity index (χ4n) is 4.66. The summed E-state index contributed by atoms with van der Waals surface area (Å²) in [4.78, 5) is 13.3. The highest BCUT2D eigenvalue weighted by Crippen LogP contribution is 2.31. The van der Waals surface area contributed by atoms with Crippen molar-refractivity contribution in [3.63, 3.8) is 0 Å². The molecule has 0 saturated carbocycles. The second-order valence-corrected chi connectivity index (χ2v) is 10.3. The van der Waals surface area contributed by atoms with Crippen molar-refractivity contribution in [1.82, 2.24) is 14.1 Å². The van der Waals surface area contributed by atoms with Gasteiger partial charge < -0.3 is 5.32 Å². The molecule has 7 nitrogen and oxygen atoms in total. The van der Waals surface area contributed by atoms with Gasteiger partial charge in [0.15, 0.2) is 5.69 Å². The number of carbonyl (C=O) groups excluding carboxylic acids is 1. The molecule has 2 aromatic carbocycles. The maximum absolute atomic E-state index is 14.4. The Morgan fingerprint density at radius 1 is 0.939 bits per heavy atom. The topological polar surface area (TPSA) is 84.3 Å². The third-order valence-corrected chi connectivity index (χ3v) is 8.25. The van der Waals surface area contributed by atoms with E-state index in [2.05, 4.69) is 10.4 Å². The van der Waals surface area contributed by atoms with E-state index in [-0.39, 0.29) is 16.3 Å². The number of benzene rings is 2. The average Bonchev–Trinajstić information content (AvgIpc) is 3.43. The first kappa shape index (κ1) is 21.8. The van der Waals surface area contributed by atoms with E-state index in [9.17, 15) is 17.6 Å². The molecule has 1 aliphatic heterocycles. The molecule has 0 atom stereocenters. The monoisotopic (exact) mass is 468 g/mol. The SMILES string of the molecule is O=C(Nc1ccccc1S(=O)(=O)N1CCCCC1)c1nn(-c2ccccc2F)c2c1CCC2. The van der Waals surface area contributed by atoms with Crippen LogP contribution in [0.3, 0.4) is 0 Å². The smallest absolute Gasteiger partial charge is 0.276 e. The minimum Gasteiger partial charge on any atom is -0.319 e. The Labute approximate surface area is 192 Å². The number of anilines is 1. The van der Waals surface area contributed by atoms with Gasteiger partial charge in [0.25, 0.3) is 5.91 Å². The molecule has 0 unspecified atom stereocenters. The van der Waals surface area contributed by atoms with Crippen LogP contribution in [0.5, 0.6) is 0 Å². The number of carbonyl (C=O) groups is 1. The molecule has 0 radical (unpaired) electrons. The van der Waals surface area contributed by atoms with Gasteiger partial charge >= 0.3 is 0 Å². The molecule has 1 amide bonds. The van der Waals surface area contributed by atoms with Crippen LogP contribution in [0.2, 0.25) is 0 Å². The predicted octanol–water partition coefficient (Wildman–Crippen LogP) is 3.93. The van der Waals surface area contributed by atoms with E-state index in [1.54, 1.807) is 36.4 Å². The first-order valence-corrected chi connectivity index (χ1v) is 12.7. The van der Waals surface area contributed by atoms with Crippen LogP contribution in [0.4, 0.5) is 10.1 Å². The number of sulfonamides is 1. The molecule has 0 spiro atoms. The van der Waals surface area contributed by atoms with Crippen LogP contribution in [-0.4, -0.2) is 41.5 Å². The molecule has 5 rings (SSSR count). The number of rotatable bonds is 5. The summed E-state index contributed by atoms with van der Waals surface area (Å²) in [5.41, 5.74) is 2.32. The van der Waals surface area contributed by atoms with Gasteiger partial charge in [-0.05, 0) is 56.4 Å². The van der Waals surface area contributed by atoms with E-state index in [1.807, 2.05) is 0 Å². The lowest BCUT2D eigenvalue weighted by Gasteiger charge is -2.26. The van der Waals surface area contributed by atoms with Crippen LogP contribution in [0.25, 0.3) is 5.69 Å². The number of nitrogens with one attached hydrogen (secondary N) is 1. The van der Waals surface area contributed by atoms with Crippen LogP contribution in [0.1, 0.15) is 47.4 Å². The van der Waals surface area contributed by atoms with Crippen LogP contribution in [0.15, 0.2) is 53.4 Å². The summed E-state index contributed by atoms with van der Waals surface area (Å²) in [6, 6.07) is 12.8. The highest BCUT2D eigenvalue weighted by atomic mass is 32.2. The first-order valence-electron chi connectivity index (χ1n) is 11.2. The zero-order valence-electron chi connectivity index (χ0n) is 18.1. The number of fused-ring (bicyclic) bond motifs is 1. The molecule has 1 saturated heterocycles. The van der Waals surface area contributed by atoms with E-state index in [0.29, 0.717) is 31.6 Å². The van der Waals surface area contributed by atoms with E-state index in [1.165, 1.54) is 21.1 Å². The number of amides is 1. The Morgan fingerprint density at radius 2 is 1.67 bits per heavy atom. The first-order chi connectivity index (χ1) is 16.0. The van der Waals surface area contributed by atoms with Crippen molar-refractivity contribution >= 4 is 21.6 Å². The number of piperidine rings is 1. The molecule has 0 bridgehead atoms. The van der Waals surface area contributed by atoms with Crippen molar-refractivity contribution < 1.29 is 17.6 Å². The lowest BCUT2D eigenvalue weighted by molar-refractivity contribution is 0.102. The summed E-state index contributed by atoms with van der Waals surface area (Å²) in [6.07, 6.45) is 4.88. The maximum atomic E-state index is 14.4. The van der Waals surface area contributed by atoms with E-state index >= 15 is 0 Å². The van der Waals surface area contributed by atoms with Gasteiger partial charge in [-0.15, -0.1) is 0 Å². The molecule has 33 heavy (non-hydrogen) atoms. The lowest BCUT2D eigenvalue weighted by atomic mass is 10.2. The van der Waals surface area contributed by atoms with Crippen LogP contribution in [-0.2, 0) is 22.9 Å². The van der Waals surface area contributed by atoms with Crippen LogP contribution >= 0.6 is 0 Å². The summed E-state index contributed by atoms with van der Waals surface area (Å²) in [5, 5.41) is 7.21. The number of halogens is 1. The van der Waals surface area contributed by atoms with Gasteiger partial charge in [0.1, 0.15) is 16.4 Å². The normalized spacial score (nSPS) is 16.5. The molecule has 2 heterocycles. The zero-order valence-corrected chi connectivity index (χ0v) is 18.9. The average molecular weight is 469 g/mol. The fraction of sp³-hybridized carbons (Fsp3) is 0.333. The van der Waals surface area contributed by atoms with Gasteiger partial charge in [-0.2, -0.15) is 9.40 Å². The summed E-state index contributed by atoms with van der Waals surface area (Å²) < 4.78 is 43.9. The number of hydrogen-bond acceptors (Lipinski definition) is 4. The number of nitrogens with zero attached hydrogens (tertiary/aromatic N) is 3. The zero-order chi connectivity index (χ0) is 23.0. The molecule has 1 N–H and O–H groups in total. The molecule has 3 aromatic rings.